The summed E-state index contributed by atoms with van der Waals surface area (Å²) < 4.78 is 0. The summed E-state index contributed by atoms with van der Waals surface area (Å²) in [5.74, 6) is 1.21. The van der Waals surface area contributed by atoms with Gasteiger partial charge in [-0.1, -0.05) is 50.3 Å². The number of benzene rings is 1. The van der Waals surface area contributed by atoms with Crippen LogP contribution in [0.1, 0.15) is 64.4 Å². The molecule has 5 rings (SSSR count). The van der Waals surface area contributed by atoms with E-state index in [0.29, 0.717) is 31.1 Å². The number of carbonyl (C=O) groups is 1. The van der Waals surface area contributed by atoms with Crippen LogP contribution in [-0.4, -0.2) is 21.6 Å². The van der Waals surface area contributed by atoms with Crippen molar-refractivity contribution in [3.05, 3.63) is 48.0 Å². The number of hydrogen-bond donors (Lipinski definition) is 2. The normalized spacial score (nSPS) is 50.0. The monoisotopic (exact) mass is 380 g/mol. The SMILES string of the molecule is C[C@]12C=CC(=O)CC1CC[C@@H]1[C@H]2CC[C@]2(C)C(O)(c3ccccc3)CC[C@@]12O. The highest BCUT2D eigenvalue weighted by molar-refractivity contribution is 5.91. The van der Waals surface area contributed by atoms with Crippen LogP contribution in [0.3, 0.4) is 0 Å². The molecule has 150 valence electrons. The molecule has 3 fully saturated rings. The number of aliphatic hydroxyl groups is 2. The summed E-state index contributed by atoms with van der Waals surface area (Å²) in [4.78, 5) is 12.0. The molecule has 0 aromatic heterocycles. The minimum Gasteiger partial charge on any atom is -0.389 e. The number of rotatable bonds is 1. The Balaban J connectivity index is 1.56. The summed E-state index contributed by atoms with van der Waals surface area (Å²) in [5.41, 5.74) is -1.45. The van der Waals surface area contributed by atoms with Crippen molar-refractivity contribution in [3.63, 3.8) is 0 Å². The van der Waals surface area contributed by atoms with Crippen molar-refractivity contribution in [2.24, 2.45) is 28.6 Å². The molecule has 1 aromatic carbocycles. The smallest absolute Gasteiger partial charge is 0.155 e. The summed E-state index contributed by atoms with van der Waals surface area (Å²) in [6.45, 7) is 4.43. The van der Waals surface area contributed by atoms with Crippen LogP contribution < -0.4 is 0 Å². The van der Waals surface area contributed by atoms with E-state index in [1.807, 2.05) is 30.3 Å². The third-order valence-corrected chi connectivity index (χ3v) is 9.62. The molecular formula is C25H32O3. The summed E-state index contributed by atoms with van der Waals surface area (Å²) in [5, 5.41) is 24.1. The van der Waals surface area contributed by atoms with E-state index in [9.17, 15) is 15.0 Å². The molecule has 1 aromatic rings. The minimum atomic E-state index is -0.982. The molecule has 0 saturated heterocycles. The molecule has 0 radical (unpaired) electrons. The summed E-state index contributed by atoms with van der Waals surface area (Å²) >= 11 is 0. The van der Waals surface area contributed by atoms with E-state index in [-0.39, 0.29) is 17.1 Å². The van der Waals surface area contributed by atoms with Crippen molar-refractivity contribution >= 4 is 5.78 Å². The van der Waals surface area contributed by atoms with Gasteiger partial charge in [0.2, 0.25) is 0 Å². The van der Waals surface area contributed by atoms with E-state index in [0.717, 1.165) is 31.2 Å². The largest absolute Gasteiger partial charge is 0.389 e. The molecule has 2 N–H and O–H groups in total. The van der Waals surface area contributed by atoms with Gasteiger partial charge < -0.3 is 10.2 Å². The van der Waals surface area contributed by atoms with Gasteiger partial charge in [-0.25, -0.2) is 0 Å². The molecule has 0 amide bonds. The van der Waals surface area contributed by atoms with Crippen molar-refractivity contribution in [2.45, 2.75) is 70.0 Å². The second-order valence-corrected chi connectivity index (χ2v) is 10.4. The predicted octanol–water partition coefficient (Wildman–Crippen LogP) is 4.38. The molecular weight excluding hydrogens is 348 g/mol. The Bertz CT molecular complexity index is 831. The van der Waals surface area contributed by atoms with Crippen LogP contribution in [0.25, 0.3) is 0 Å². The van der Waals surface area contributed by atoms with Crippen LogP contribution in [-0.2, 0) is 10.4 Å². The Hall–Kier alpha value is -1.45. The lowest BCUT2D eigenvalue weighted by Crippen LogP contribution is -2.64. The van der Waals surface area contributed by atoms with Gasteiger partial charge in [-0.2, -0.15) is 0 Å². The molecule has 3 nitrogen and oxygen atoms in total. The first-order chi connectivity index (χ1) is 13.2. The molecule has 0 heterocycles. The fraction of sp³-hybridized carbons (Fsp3) is 0.640. The van der Waals surface area contributed by atoms with Gasteiger partial charge in [-0.3, -0.25) is 4.79 Å². The number of ketones is 1. The Morgan fingerprint density at radius 1 is 0.929 bits per heavy atom. The summed E-state index contributed by atoms with van der Waals surface area (Å²) in [6.07, 6.45) is 9.64. The van der Waals surface area contributed by atoms with Gasteiger partial charge in [0.1, 0.15) is 0 Å². The molecule has 28 heavy (non-hydrogen) atoms. The van der Waals surface area contributed by atoms with Crippen molar-refractivity contribution in [1.82, 2.24) is 0 Å². The summed E-state index contributed by atoms with van der Waals surface area (Å²) in [7, 11) is 0. The van der Waals surface area contributed by atoms with Crippen LogP contribution >= 0.6 is 0 Å². The van der Waals surface area contributed by atoms with Crippen LogP contribution in [0.4, 0.5) is 0 Å². The molecule has 0 aliphatic heterocycles. The zero-order chi connectivity index (χ0) is 19.8. The highest BCUT2D eigenvalue weighted by Gasteiger charge is 2.71. The highest BCUT2D eigenvalue weighted by Crippen LogP contribution is 2.70. The number of allylic oxidation sites excluding steroid dienone is 2. The third kappa shape index (κ3) is 2.10. The van der Waals surface area contributed by atoms with Gasteiger partial charge in [0.25, 0.3) is 0 Å². The quantitative estimate of drug-likeness (QED) is 0.760. The topological polar surface area (TPSA) is 57.5 Å². The first-order valence-electron chi connectivity index (χ1n) is 11.0. The fourth-order valence-corrected chi connectivity index (χ4v) is 7.80. The molecule has 0 bridgehead atoms. The molecule has 3 heteroatoms. The fourth-order valence-electron chi connectivity index (χ4n) is 7.80. The Labute approximate surface area is 167 Å². The maximum absolute atomic E-state index is 12.2. The lowest BCUT2D eigenvalue weighted by atomic mass is 9.44. The van der Waals surface area contributed by atoms with Crippen molar-refractivity contribution < 1.29 is 15.0 Å². The molecule has 7 atom stereocenters. The lowest BCUT2D eigenvalue weighted by Gasteiger charge is -2.63. The highest BCUT2D eigenvalue weighted by atomic mass is 16.3. The Kier molecular flexibility index (Phi) is 3.84. The molecule has 4 aliphatic rings. The summed E-state index contributed by atoms with van der Waals surface area (Å²) in [6, 6.07) is 9.96. The van der Waals surface area contributed by atoms with Crippen LogP contribution in [0.2, 0.25) is 0 Å². The maximum atomic E-state index is 12.2. The molecule has 4 aliphatic carbocycles. The second-order valence-electron chi connectivity index (χ2n) is 10.4. The standard InChI is InChI=1S/C25H32O3/c1-22-12-10-19(26)16-18(22)8-9-21-20(22)11-13-23(2)24(27,14-15-25(21,23)28)17-6-4-3-5-7-17/h3-7,10,12,18,20-21,27-28H,8-9,11,13-16H2,1-2H3/t18?,20-,21-,22+,23-,24?,25-/m1/s1. The number of hydrogen-bond acceptors (Lipinski definition) is 3. The van der Waals surface area contributed by atoms with Crippen LogP contribution in [0.5, 0.6) is 0 Å². The maximum Gasteiger partial charge on any atom is 0.155 e. The van der Waals surface area contributed by atoms with E-state index in [2.05, 4.69) is 19.9 Å². The van der Waals surface area contributed by atoms with Gasteiger partial charge in [-0.05, 0) is 73.3 Å². The van der Waals surface area contributed by atoms with Crippen LogP contribution in [0.15, 0.2) is 42.5 Å². The first kappa shape index (κ1) is 18.6. The average molecular weight is 381 g/mol. The minimum absolute atomic E-state index is 0.0126. The van der Waals surface area contributed by atoms with Gasteiger partial charge >= 0.3 is 0 Å². The molecule has 3 saturated carbocycles. The molecule has 0 spiro atoms. The van der Waals surface area contributed by atoms with Gasteiger partial charge in [-0.15, -0.1) is 0 Å². The van der Waals surface area contributed by atoms with Crippen molar-refractivity contribution in [2.75, 3.05) is 0 Å². The van der Waals surface area contributed by atoms with Crippen LogP contribution in [0, 0.1) is 28.6 Å². The van der Waals surface area contributed by atoms with E-state index in [1.165, 1.54) is 0 Å². The van der Waals surface area contributed by atoms with E-state index in [1.54, 1.807) is 6.08 Å². The number of carbonyl (C=O) groups excluding carboxylic acids is 1. The van der Waals surface area contributed by atoms with Gasteiger partial charge in [0, 0.05) is 11.8 Å². The average Bonchev–Trinajstić information content (AvgIpc) is 2.91. The van der Waals surface area contributed by atoms with E-state index < -0.39 is 16.6 Å². The zero-order valence-corrected chi connectivity index (χ0v) is 17.0. The first-order valence-corrected chi connectivity index (χ1v) is 11.0. The van der Waals surface area contributed by atoms with Crippen molar-refractivity contribution in [3.8, 4) is 0 Å². The predicted molar refractivity (Wildman–Crippen MR) is 108 cm³/mol. The Morgan fingerprint density at radius 2 is 1.68 bits per heavy atom. The van der Waals surface area contributed by atoms with Gasteiger partial charge in [0.05, 0.1) is 11.2 Å². The third-order valence-electron chi connectivity index (χ3n) is 9.62. The zero-order valence-electron chi connectivity index (χ0n) is 17.0. The van der Waals surface area contributed by atoms with Crippen molar-refractivity contribution in [1.29, 1.82) is 0 Å². The van der Waals surface area contributed by atoms with E-state index >= 15 is 0 Å². The van der Waals surface area contributed by atoms with Gasteiger partial charge in [0.15, 0.2) is 5.78 Å². The van der Waals surface area contributed by atoms with E-state index in [4.69, 9.17) is 0 Å². The number of fused-ring (bicyclic) bond motifs is 5. The second kappa shape index (κ2) is 5.79. The molecule has 2 unspecified atom stereocenters. The Morgan fingerprint density at radius 3 is 2.43 bits per heavy atom. The lowest BCUT2D eigenvalue weighted by molar-refractivity contribution is -0.228.